The molecule has 0 aromatic carbocycles. The van der Waals surface area contributed by atoms with Crippen molar-refractivity contribution in [3.05, 3.63) is 119 Å². The first-order valence-corrected chi connectivity index (χ1v) is 14.1. The number of nitriles is 1. The standard InChI is InChI=1S/C10H12N4.C9H8N2O.C8H9NO2.C7H7NO2/c1-7-5-8(3-4-12-7)9-6-10(11)14(2)13-9;1-7-6-8(3-5-11-7)9(12)2-4-10;1-6-5-7(3-4-9-6)8(10)11-2;1-5-4-6(7(9)10)2-3-8-5/h3-6H,11H2,1-2H3;3,5-6H,2H2,1H3;3-5H,1-2H3;2-4H,1H3,(H,9,10). The van der Waals surface area contributed by atoms with E-state index in [0.717, 1.165) is 34.0 Å². The number of aromatic nitrogens is 6. The van der Waals surface area contributed by atoms with Gasteiger partial charge in [-0.1, -0.05) is 0 Å². The Morgan fingerprint density at radius 2 is 1.26 bits per heavy atom. The Balaban J connectivity index is 0.000000220. The highest BCUT2D eigenvalue weighted by atomic mass is 16.5. The molecule has 0 bridgehead atoms. The number of carboxylic acid groups (broad SMARTS) is 1. The number of carbonyl (C=O) groups excluding carboxylic acids is 2. The molecule has 3 N–H and O–H groups in total. The summed E-state index contributed by atoms with van der Waals surface area (Å²) in [5.74, 6) is -0.724. The lowest BCUT2D eigenvalue weighted by atomic mass is 10.1. The van der Waals surface area contributed by atoms with Gasteiger partial charge in [0.05, 0.1) is 36.4 Å². The number of carbonyl (C=O) groups is 3. The third-order valence-electron chi connectivity index (χ3n) is 6.03. The van der Waals surface area contributed by atoms with Crippen LogP contribution in [0, 0.1) is 39.0 Å². The topological polar surface area (TPSA) is 200 Å². The van der Waals surface area contributed by atoms with Crippen LogP contribution < -0.4 is 5.73 Å². The Hall–Kier alpha value is -6.29. The summed E-state index contributed by atoms with van der Waals surface area (Å²) in [6, 6.07) is 17.2. The van der Waals surface area contributed by atoms with Crippen molar-refractivity contribution in [1.29, 1.82) is 5.26 Å². The molecule has 0 aliphatic rings. The lowest BCUT2D eigenvalue weighted by Gasteiger charge is -1.97. The molecule has 242 valence electrons. The van der Waals surface area contributed by atoms with E-state index in [4.69, 9.17) is 16.1 Å². The molecule has 5 heterocycles. The van der Waals surface area contributed by atoms with Crippen molar-refractivity contribution in [2.45, 2.75) is 34.1 Å². The second kappa shape index (κ2) is 18.5. The van der Waals surface area contributed by atoms with E-state index >= 15 is 0 Å². The number of anilines is 1. The fraction of sp³-hybridized carbons (Fsp3) is 0.206. The minimum atomic E-state index is -0.912. The number of nitrogens with zero attached hydrogens (tertiary/aromatic N) is 7. The molecule has 0 aliphatic heterocycles. The second-order valence-electron chi connectivity index (χ2n) is 9.88. The van der Waals surface area contributed by atoms with E-state index in [-0.39, 0.29) is 23.7 Å². The fourth-order valence-electron chi connectivity index (χ4n) is 3.69. The van der Waals surface area contributed by atoms with E-state index in [1.807, 2.05) is 52.1 Å². The summed E-state index contributed by atoms with van der Waals surface area (Å²) in [5, 5.41) is 21.0. The van der Waals surface area contributed by atoms with Gasteiger partial charge in [0.1, 0.15) is 5.82 Å². The average Bonchev–Trinajstić information content (AvgIpc) is 3.39. The number of pyridine rings is 4. The molecular formula is C34H36N8O5. The van der Waals surface area contributed by atoms with Crippen molar-refractivity contribution in [3.8, 4) is 17.3 Å². The fourth-order valence-corrected chi connectivity index (χ4v) is 3.69. The van der Waals surface area contributed by atoms with Gasteiger partial charge in [0.15, 0.2) is 5.78 Å². The predicted octanol–water partition coefficient (Wildman–Crippen LogP) is 5.12. The van der Waals surface area contributed by atoms with E-state index in [2.05, 4.69) is 29.8 Å². The number of hydrogen-bond acceptors (Lipinski definition) is 11. The van der Waals surface area contributed by atoms with Crippen LogP contribution in [0.4, 0.5) is 5.82 Å². The van der Waals surface area contributed by atoms with Gasteiger partial charge in [-0.25, -0.2) is 9.59 Å². The van der Waals surface area contributed by atoms with Crippen molar-refractivity contribution in [3.63, 3.8) is 0 Å². The maximum absolute atomic E-state index is 11.1. The quantitative estimate of drug-likeness (QED) is 0.191. The lowest BCUT2D eigenvalue weighted by Crippen LogP contribution is -2.01. The van der Waals surface area contributed by atoms with Crippen LogP contribution >= 0.6 is 0 Å². The van der Waals surface area contributed by atoms with E-state index in [9.17, 15) is 14.4 Å². The van der Waals surface area contributed by atoms with Crippen LogP contribution in [0.1, 0.15) is 60.3 Å². The molecule has 0 fully saturated rings. The largest absolute Gasteiger partial charge is 0.478 e. The van der Waals surface area contributed by atoms with Crippen LogP contribution in [0.25, 0.3) is 11.3 Å². The summed E-state index contributed by atoms with van der Waals surface area (Å²) in [6.45, 7) is 7.35. The monoisotopic (exact) mass is 636 g/mol. The molecule has 0 amide bonds. The van der Waals surface area contributed by atoms with Crippen LogP contribution in [0.5, 0.6) is 0 Å². The number of aryl methyl sites for hydroxylation is 5. The van der Waals surface area contributed by atoms with Crippen LogP contribution in [0.15, 0.2) is 79.4 Å². The van der Waals surface area contributed by atoms with Gasteiger partial charge >= 0.3 is 11.9 Å². The van der Waals surface area contributed by atoms with Gasteiger partial charge in [-0.15, -0.1) is 0 Å². The second-order valence-corrected chi connectivity index (χ2v) is 9.88. The number of ketones is 1. The predicted molar refractivity (Wildman–Crippen MR) is 175 cm³/mol. The third-order valence-corrected chi connectivity index (χ3v) is 6.03. The number of aromatic carboxylic acids is 1. The number of Topliss-reactive ketones (excluding diaryl/α,β-unsaturated/α-hetero) is 1. The summed E-state index contributed by atoms with van der Waals surface area (Å²) in [4.78, 5) is 48.3. The molecule has 0 unspecified atom stereocenters. The average molecular weight is 637 g/mol. The van der Waals surface area contributed by atoms with Crippen molar-refractivity contribution < 1.29 is 24.2 Å². The van der Waals surface area contributed by atoms with Gasteiger partial charge in [-0.05, 0) is 76.2 Å². The normalized spacial score (nSPS) is 9.55. The highest BCUT2D eigenvalue weighted by molar-refractivity contribution is 5.97. The van der Waals surface area contributed by atoms with Gasteiger partial charge in [-0.3, -0.25) is 29.4 Å². The first-order valence-electron chi connectivity index (χ1n) is 14.1. The van der Waals surface area contributed by atoms with E-state index in [1.54, 1.807) is 54.5 Å². The maximum Gasteiger partial charge on any atom is 0.337 e. The number of nitrogens with two attached hydrogens (primary N) is 1. The smallest absolute Gasteiger partial charge is 0.337 e. The summed E-state index contributed by atoms with van der Waals surface area (Å²) in [7, 11) is 3.19. The molecule has 47 heavy (non-hydrogen) atoms. The molecule has 13 nitrogen and oxygen atoms in total. The Labute approximate surface area is 272 Å². The molecule has 5 rings (SSSR count). The Bertz CT molecular complexity index is 1840. The van der Waals surface area contributed by atoms with E-state index in [1.165, 1.54) is 25.4 Å². The van der Waals surface area contributed by atoms with Gasteiger partial charge in [0.25, 0.3) is 0 Å². The summed E-state index contributed by atoms with van der Waals surface area (Å²) < 4.78 is 6.18. The SMILES string of the molecule is COC(=O)c1ccnc(C)c1.Cc1cc(-c2cc(N)n(C)n2)ccn1.Cc1cc(C(=O)CC#N)ccn1.Cc1cc(C(=O)O)ccn1. The number of ether oxygens (including phenoxy) is 1. The number of carboxylic acids is 1. The molecule has 0 aliphatic carbocycles. The lowest BCUT2D eigenvalue weighted by molar-refractivity contribution is 0.0599. The van der Waals surface area contributed by atoms with Crippen molar-refractivity contribution in [1.82, 2.24) is 29.7 Å². The molecule has 5 aromatic heterocycles. The highest BCUT2D eigenvalue weighted by Gasteiger charge is 2.06. The van der Waals surface area contributed by atoms with Crippen LogP contribution in [-0.2, 0) is 11.8 Å². The van der Waals surface area contributed by atoms with E-state index in [0.29, 0.717) is 16.9 Å². The van der Waals surface area contributed by atoms with Crippen molar-refractivity contribution >= 4 is 23.5 Å². The Morgan fingerprint density at radius 3 is 1.68 bits per heavy atom. The molecule has 0 saturated carbocycles. The zero-order valence-corrected chi connectivity index (χ0v) is 27.0. The Kier molecular flexibility index (Phi) is 14.5. The zero-order valence-electron chi connectivity index (χ0n) is 27.0. The molecule has 0 atom stereocenters. The first kappa shape index (κ1) is 36.9. The van der Waals surface area contributed by atoms with Crippen molar-refractivity contribution in [2.24, 2.45) is 7.05 Å². The van der Waals surface area contributed by atoms with Crippen LogP contribution in [0.3, 0.4) is 0 Å². The molecular weight excluding hydrogens is 600 g/mol. The number of esters is 1. The maximum atomic E-state index is 11.1. The minimum absolute atomic E-state index is 0.0660. The first-order chi connectivity index (χ1) is 22.3. The minimum Gasteiger partial charge on any atom is -0.478 e. The van der Waals surface area contributed by atoms with Gasteiger partial charge in [-0.2, -0.15) is 10.4 Å². The third kappa shape index (κ3) is 12.7. The van der Waals surface area contributed by atoms with Crippen LogP contribution in [-0.4, -0.2) is 59.7 Å². The molecule has 0 spiro atoms. The van der Waals surface area contributed by atoms with Gasteiger partial charge in [0.2, 0.25) is 0 Å². The zero-order chi connectivity index (χ0) is 34.9. The highest BCUT2D eigenvalue weighted by Crippen LogP contribution is 2.19. The summed E-state index contributed by atoms with van der Waals surface area (Å²) >= 11 is 0. The molecule has 5 aromatic rings. The van der Waals surface area contributed by atoms with Crippen LogP contribution in [0.2, 0.25) is 0 Å². The Morgan fingerprint density at radius 1 is 0.787 bits per heavy atom. The summed E-state index contributed by atoms with van der Waals surface area (Å²) in [6.07, 6.45) is 6.35. The number of rotatable bonds is 5. The van der Waals surface area contributed by atoms with E-state index < -0.39 is 5.97 Å². The molecule has 0 saturated heterocycles. The number of methoxy groups -OCH3 is 1. The number of hydrogen-bond donors (Lipinski definition) is 2. The van der Waals surface area contributed by atoms with Crippen molar-refractivity contribution in [2.75, 3.05) is 12.8 Å². The number of nitrogen functional groups attached to an aromatic ring is 1. The van der Waals surface area contributed by atoms with Gasteiger partial charge in [0, 0.05) is 71.8 Å². The molecule has 13 heteroatoms. The summed E-state index contributed by atoms with van der Waals surface area (Å²) in [5.41, 5.74) is 12.3. The molecule has 0 radical (unpaired) electrons. The van der Waals surface area contributed by atoms with Gasteiger partial charge < -0.3 is 15.6 Å².